The van der Waals surface area contributed by atoms with E-state index < -0.39 is 102 Å². The zero-order valence-electron chi connectivity index (χ0n) is 29.8. The third-order valence-electron chi connectivity index (χ3n) is 12.6. The van der Waals surface area contributed by atoms with Crippen LogP contribution in [0.1, 0.15) is 131 Å². The van der Waals surface area contributed by atoms with Crippen LogP contribution in [0.2, 0.25) is 0 Å². The minimum atomic E-state index is -6.04. The third-order valence-corrected chi connectivity index (χ3v) is 14.9. The summed E-state index contributed by atoms with van der Waals surface area (Å²) >= 11 is 0. The van der Waals surface area contributed by atoms with Crippen LogP contribution in [0.5, 0.6) is 5.75 Å². The van der Waals surface area contributed by atoms with Gasteiger partial charge < -0.3 is 18.8 Å². The molecule has 3 heterocycles. The Morgan fingerprint density at radius 3 is 1.65 bits per heavy atom. The summed E-state index contributed by atoms with van der Waals surface area (Å²) in [5, 5.41) is 0. The van der Waals surface area contributed by atoms with Crippen LogP contribution in [-0.4, -0.2) is 57.7 Å². The van der Waals surface area contributed by atoms with Crippen LogP contribution in [-0.2, 0) is 43.5 Å². The van der Waals surface area contributed by atoms with Gasteiger partial charge in [-0.25, -0.2) is 17.2 Å². The van der Waals surface area contributed by atoms with E-state index in [4.69, 9.17) is 18.4 Å². The first-order chi connectivity index (χ1) is 26.2. The summed E-state index contributed by atoms with van der Waals surface area (Å²) in [6.07, 6.45) is 8.69. The number of hydrogen-bond acceptors (Lipinski definition) is 11. The van der Waals surface area contributed by atoms with E-state index in [9.17, 15) is 48.5 Å². The molecule has 17 heteroatoms. The van der Waals surface area contributed by atoms with Crippen molar-refractivity contribution in [1.29, 1.82) is 0 Å². The predicted molar refractivity (Wildman–Crippen MR) is 181 cm³/mol. The van der Waals surface area contributed by atoms with E-state index in [-0.39, 0.29) is 16.7 Å². The molecule has 55 heavy (non-hydrogen) atoms. The number of fused-ring (bicyclic) bond motifs is 1. The van der Waals surface area contributed by atoms with Crippen LogP contribution in [0.15, 0.2) is 21.9 Å². The number of hydrogen-bond donors (Lipinski definition) is 0. The lowest BCUT2D eigenvalue weighted by atomic mass is 9.76. The molecular formula is C38H41F4O11S2-. The summed E-state index contributed by atoms with van der Waals surface area (Å²) in [5.74, 6) is -17.9. The summed E-state index contributed by atoms with van der Waals surface area (Å²) in [5.41, 5.74) is 2.53. The minimum absolute atomic E-state index is 0.0470. The first-order valence-electron chi connectivity index (χ1n) is 19.2. The first kappa shape index (κ1) is 38.7. The van der Waals surface area contributed by atoms with Gasteiger partial charge in [0.25, 0.3) is 10.1 Å². The molecule has 8 rings (SSSR count). The fourth-order valence-electron chi connectivity index (χ4n) is 10.1. The lowest BCUT2D eigenvalue weighted by Gasteiger charge is -2.33. The monoisotopic (exact) mass is 813 g/mol. The van der Waals surface area contributed by atoms with Crippen molar-refractivity contribution in [2.75, 3.05) is 0 Å². The van der Waals surface area contributed by atoms with Crippen molar-refractivity contribution >= 4 is 32.2 Å². The normalized spacial score (nSPS) is 29.1. The Morgan fingerprint density at radius 2 is 1.16 bits per heavy atom. The molecule has 2 bridgehead atoms. The Labute approximate surface area is 316 Å². The Kier molecular flexibility index (Phi) is 10.3. The lowest BCUT2D eigenvalue weighted by Crippen LogP contribution is -2.48. The smallest absolute Gasteiger partial charge is 0.318 e. The summed E-state index contributed by atoms with van der Waals surface area (Å²) < 4.78 is 144. The highest BCUT2D eigenvalue weighted by Crippen LogP contribution is 2.53. The van der Waals surface area contributed by atoms with E-state index >= 15 is 0 Å². The molecule has 0 aromatic heterocycles. The van der Waals surface area contributed by atoms with Gasteiger partial charge in [0.2, 0.25) is 17.4 Å². The van der Waals surface area contributed by atoms with E-state index in [1.807, 2.05) is 12.1 Å². The van der Waals surface area contributed by atoms with Gasteiger partial charge in [-0.15, -0.1) is 0 Å². The van der Waals surface area contributed by atoms with Gasteiger partial charge in [-0.1, -0.05) is 69.9 Å². The molecular weight excluding hydrogens is 773 g/mol. The topological polar surface area (TPSA) is 162 Å². The van der Waals surface area contributed by atoms with Gasteiger partial charge in [-0.3, -0.25) is 13.8 Å². The maximum atomic E-state index is 14.9. The molecule has 0 N–H and O–H groups in total. The van der Waals surface area contributed by atoms with Crippen molar-refractivity contribution in [1.82, 2.24) is 0 Å². The summed E-state index contributed by atoms with van der Waals surface area (Å²) in [6, 6.07) is 4.09. The van der Waals surface area contributed by atoms with Crippen molar-refractivity contribution in [3.8, 4) is 5.75 Å². The fourth-order valence-corrected chi connectivity index (χ4v) is 12.3. The van der Waals surface area contributed by atoms with E-state index in [2.05, 4.69) is 0 Å². The lowest BCUT2D eigenvalue weighted by molar-refractivity contribution is -0.150. The van der Waals surface area contributed by atoms with Gasteiger partial charge in [0.15, 0.2) is 17.7 Å². The highest BCUT2D eigenvalue weighted by molar-refractivity contribution is 7.87. The molecule has 6 unspecified atom stereocenters. The van der Waals surface area contributed by atoms with Gasteiger partial charge in [0, 0.05) is 0 Å². The van der Waals surface area contributed by atoms with Crippen LogP contribution >= 0.6 is 0 Å². The molecule has 2 aromatic carbocycles. The summed E-state index contributed by atoms with van der Waals surface area (Å²) in [7, 11) is -10.7. The third kappa shape index (κ3) is 6.78. The van der Waals surface area contributed by atoms with Gasteiger partial charge in [0.1, 0.15) is 50.1 Å². The molecule has 0 amide bonds. The molecule has 3 saturated heterocycles. The zero-order valence-corrected chi connectivity index (χ0v) is 31.4. The average molecular weight is 814 g/mol. The average Bonchev–Trinajstić information content (AvgIpc) is 3.80. The van der Waals surface area contributed by atoms with Gasteiger partial charge in [-0.2, -0.15) is 17.2 Å². The largest absolute Gasteiger partial charge is 0.744 e. The number of esters is 2. The van der Waals surface area contributed by atoms with E-state index in [0.29, 0.717) is 17.0 Å². The number of rotatable bonds is 9. The number of halogens is 4. The molecule has 3 aliphatic heterocycles. The van der Waals surface area contributed by atoms with Gasteiger partial charge in [0.05, 0.1) is 0 Å². The van der Waals surface area contributed by atoms with Gasteiger partial charge in [-0.05, 0) is 73.0 Å². The van der Waals surface area contributed by atoms with E-state index in [1.165, 1.54) is 0 Å². The Morgan fingerprint density at radius 1 is 0.673 bits per heavy atom. The van der Waals surface area contributed by atoms with E-state index in [1.54, 1.807) is 0 Å². The van der Waals surface area contributed by atoms with E-state index in [0.717, 1.165) is 102 Å². The molecule has 3 saturated carbocycles. The van der Waals surface area contributed by atoms with Crippen LogP contribution in [0.25, 0.3) is 0 Å². The molecule has 300 valence electrons. The molecule has 6 atom stereocenters. The van der Waals surface area contributed by atoms with Crippen molar-refractivity contribution in [2.45, 2.75) is 148 Å². The Bertz CT molecular complexity index is 2040. The zero-order chi connectivity index (χ0) is 39.0. The highest BCUT2D eigenvalue weighted by atomic mass is 32.2. The number of carbonyl (C=O) groups excluding carboxylic acids is 2. The molecule has 0 radical (unpaired) electrons. The second kappa shape index (κ2) is 14.7. The molecule has 0 spiro atoms. The number of carbonyl (C=O) groups is 2. The standard InChI is InChI=1S/C38H42F4O11S2/c39-26-28(41)36(54(45,46)47)29(42)27(40)32(26)51-37(43)25-24-30-33(52-38(24)44)34(31(25)50-30)53-55(48,49)35-22(19-12-6-2-7-13-19)16-21(18-10-4-1-5-11-18)17-23(35)20-14-8-3-9-15-20/h16-20,24-25,30-31,33-34H,1-15H2,(H,45,46,47)/p-1. The quantitative estimate of drug-likeness (QED) is 0.0646. The summed E-state index contributed by atoms with van der Waals surface area (Å²) in [4.78, 5) is 24.3. The number of ether oxygens (including phenoxy) is 3. The van der Waals surface area contributed by atoms with Crippen LogP contribution in [0, 0.1) is 35.1 Å². The maximum Gasteiger partial charge on any atom is 0.318 e. The fraction of sp³-hybridized carbons (Fsp3) is 0.632. The van der Waals surface area contributed by atoms with Crippen LogP contribution < -0.4 is 4.74 Å². The molecule has 3 aliphatic carbocycles. The maximum absolute atomic E-state index is 14.9. The minimum Gasteiger partial charge on any atom is -0.744 e. The Hall–Kier alpha value is -3.12. The SMILES string of the molecule is O=C1OC2C(OS(=O)(=O)c3c(C4CCCCC4)cc(C4CCCCC4)cc3C3CCCCC3)C3OC2C1C3C(=O)Oc1c(F)c(F)c(S(=O)(=O)[O-])c(F)c1F. The van der Waals surface area contributed by atoms with Crippen molar-refractivity contribution < 1.29 is 66.9 Å². The molecule has 6 aliphatic rings. The van der Waals surface area contributed by atoms with Crippen molar-refractivity contribution in [3.63, 3.8) is 0 Å². The Balaban J connectivity index is 1.16. The number of benzene rings is 2. The van der Waals surface area contributed by atoms with Crippen molar-refractivity contribution in [3.05, 3.63) is 52.1 Å². The first-order valence-corrected chi connectivity index (χ1v) is 22.0. The molecule has 11 nitrogen and oxygen atoms in total. The molecule has 2 aromatic rings. The highest BCUT2D eigenvalue weighted by Gasteiger charge is 2.72. The van der Waals surface area contributed by atoms with Crippen LogP contribution in [0.4, 0.5) is 17.6 Å². The molecule has 6 fully saturated rings. The summed E-state index contributed by atoms with van der Waals surface area (Å²) in [6.45, 7) is 0. The second-order valence-corrected chi connectivity index (χ2v) is 18.7. The second-order valence-electron chi connectivity index (χ2n) is 15.9. The van der Waals surface area contributed by atoms with Crippen molar-refractivity contribution in [2.24, 2.45) is 11.8 Å². The van der Waals surface area contributed by atoms with Gasteiger partial charge >= 0.3 is 11.9 Å². The van der Waals surface area contributed by atoms with Crippen LogP contribution in [0.3, 0.4) is 0 Å². The predicted octanol–water partition coefficient (Wildman–Crippen LogP) is 6.91.